The SMILES string of the molecule is CC1(O)CCN(c2nccc3c(-c4ccc5c(c4)CC(=O)N5)c(-c4ccc(F)cc4)nn23)CC1. The van der Waals surface area contributed by atoms with Gasteiger partial charge in [0.15, 0.2) is 0 Å². The average Bonchev–Trinajstić information content (AvgIpc) is 3.38. The fourth-order valence-electron chi connectivity index (χ4n) is 4.85. The molecular weight excluding hydrogens is 433 g/mol. The molecule has 4 heterocycles. The Kier molecular flexibility index (Phi) is 4.67. The molecule has 2 aromatic heterocycles. The number of carbonyl (C=O) groups is 1. The molecule has 1 amide bonds. The van der Waals surface area contributed by atoms with Crippen molar-refractivity contribution < 1.29 is 14.3 Å². The van der Waals surface area contributed by atoms with Crippen LogP contribution < -0.4 is 10.2 Å². The first-order valence-electron chi connectivity index (χ1n) is 11.4. The molecule has 2 aliphatic heterocycles. The van der Waals surface area contributed by atoms with E-state index in [-0.39, 0.29) is 11.7 Å². The predicted molar refractivity (Wildman–Crippen MR) is 128 cm³/mol. The molecule has 1 fully saturated rings. The summed E-state index contributed by atoms with van der Waals surface area (Å²) in [5.74, 6) is 0.387. The highest BCUT2D eigenvalue weighted by Gasteiger charge is 2.30. The van der Waals surface area contributed by atoms with E-state index in [9.17, 15) is 14.3 Å². The molecule has 2 N–H and O–H groups in total. The molecule has 0 saturated carbocycles. The molecule has 6 rings (SSSR count). The molecule has 2 aliphatic rings. The van der Waals surface area contributed by atoms with Gasteiger partial charge in [0.25, 0.3) is 0 Å². The van der Waals surface area contributed by atoms with Crippen molar-refractivity contribution in [2.45, 2.75) is 31.8 Å². The number of rotatable bonds is 3. The molecule has 0 bridgehead atoms. The molecule has 172 valence electrons. The molecule has 0 unspecified atom stereocenters. The summed E-state index contributed by atoms with van der Waals surface area (Å²) in [6.45, 7) is 3.21. The third-order valence-electron chi connectivity index (χ3n) is 6.79. The van der Waals surface area contributed by atoms with Gasteiger partial charge < -0.3 is 15.3 Å². The van der Waals surface area contributed by atoms with Crippen LogP contribution in [0.25, 0.3) is 27.9 Å². The molecule has 0 radical (unpaired) electrons. The minimum absolute atomic E-state index is 0.0155. The number of hydrogen-bond donors (Lipinski definition) is 2. The number of hydrogen-bond acceptors (Lipinski definition) is 5. The lowest BCUT2D eigenvalue weighted by Crippen LogP contribution is -2.43. The number of halogens is 1. The van der Waals surface area contributed by atoms with Crippen LogP contribution in [0.2, 0.25) is 0 Å². The maximum atomic E-state index is 13.7. The minimum Gasteiger partial charge on any atom is -0.390 e. The monoisotopic (exact) mass is 457 g/mol. The number of carbonyl (C=O) groups excluding carboxylic acids is 1. The Morgan fingerprint density at radius 2 is 1.79 bits per heavy atom. The van der Waals surface area contributed by atoms with Gasteiger partial charge in [-0.1, -0.05) is 6.07 Å². The first-order valence-corrected chi connectivity index (χ1v) is 11.4. The maximum Gasteiger partial charge on any atom is 0.228 e. The Balaban J connectivity index is 1.54. The van der Waals surface area contributed by atoms with E-state index in [1.165, 1.54) is 12.1 Å². The zero-order valence-corrected chi connectivity index (χ0v) is 18.8. The van der Waals surface area contributed by atoms with Crippen LogP contribution in [0.1, 0.15) is 25.3 Å². The minimum atomic E-state index is -0.672. The first kappa shape index (κ1) is 20.8. The van der Waals surface area contributed by atoms with Crippen molar-refractivity contribution in [1.82, 2.24) is 14.6 Å². The number of aromatic nitrogens is 3. The number of nitrogens with one attached hydrogen (secondary N) is 1. The number of amides is 1. The van der Waals surface area contributed by atoms with Crippen LogP contribution in [0.4, 0.5) is 16.0 Å². The second kappa shape index (κ2) is 7.63. The van der Waals surface area contributed by atoms with Crippen LogP contribution in [-0.4, -0.2) is 44.3 Å². The quantitative estimate of drug-likeness (QED) is 0.485. The molecule has 4 aromatic rings. The molecule has 0 spiro atoms. The fourth-order valence-corrected chi connectivity index (χ4v) is 4.85. The molecule has 8 heteroatoms. The maximum absolute atomic E-state index is 13.7. The Morgan fingerprint density at radius 3 is 2.56 bits per heavy atom. The van der Waals surface area contributed by atoms with Crippen molar-refractivity contribution in [3.63, 3.8) is 0 Å². The third-order valence-corrected chi connectivity index (χ3v) is 6.79. The van der Waals surface area contributed by atoms with E-state index >= 15 is 0 Å². The van der Waals surface area contributed by atoms with E-state index in [0.717, 1.165) is 39.2 Å². The van der Waals surface area contributed by atoms with Crippen LogP contribution in [0, 0.1) is 5.82 Å². The number of fused-ring (bicyclic) bond motifs is 2. The largest absolute Gasteiger partial charge is 0.390 e. The van der Waals surface area contributed by atoms with E-state index < -0.39 is 5.60 Å². The van der Waals surface area contributed by atoms with Gasteiger partial charge in [-0.3, -0.25) is 4.79 Å². The van der Waals surface area contributed by atoms with Gasteiger partial charge in [-0.25, -0.2) is 9.37 Å². The van der Waals surface area contributed by atoms with Crippen LogP contribution in [0.5, 0.6) is 0 Å². The van der Waals surface area contributed by atoms with Gasteiger partial charge in [-0.15, -0.1) is 0 Å². The number of benzene rings is 2. The van der Waals surface area contributed by atoms with Gasteiger partial charge in [-0.2, -0.15) is 9.61 Å². The molecule has 0 atom stereocenters. The Morgan fingerprint density at radius 1 is 1.06 bits per heavy atom. The molecule has 2 aromatic carbocycles. The zero-order valence-electron chi connectivity index (χ0n) is 18.8. The van der Waals surface area contributed by atoms with Gasteiger partial charge in [-0.05, 0) is 73.4 Å². The summed E-state index contributed by atoms with van der Waals surface area (Å²) in [4.78, 5) is 18.7. The lowest BCUT2D eigenvalue weighted by atomic mass is 9.94. The smallest absolute Gasteiger partial charge is 0.228 e. The number of piperidine rings is 1. The van der Waals surface area contributed by atoms with Crippen molar-refractivity contribution in [3.8, 4) is 22.4 Å². The molecule has 0 aliphatic carbocycles. The first-order chi connectivity index (χ1) is 16.4. The Bertz CT molecular complexity index is 1420. The van der Waals surface area contributed by atoms with Crippen LogP contribution in [0.15, 0.2) is 54.7 Å². The Hall–Kier alpha value is -3.78. The van der Waals surface area contributed by atoms with Crippen molar-refractivity contribution >= 4 is 23.1 Å². The number of aliphatic hydroxyl groups is 1. The predicted octanol–water partition coefficient (Wildman–Crippen LogP) is 4.05. The summed E-state index contributed by atoms with van der Waals surface area (Å²) in [7, 11) is 0. The number of nitrogens with zero attached hydrogens (tertiary/aromatic N) is 4. The van der Waals surface area contributed by atoms with Gasteiger partial charge in [0.1, 0.15) is 11.5 Å². The van der Waals surface area contributed by atoms with Crippen LogP contribution in [-0.2, 0) is 11.2 Å². The summed E-state index contributed by atoms with van der Waals surface area (Å²) in [6, 6.07) is 14.2. The van der Waals surface area contributed by atoms with E-state index in [2.05, 4.69) is 15.2 Å². The normalized spacial score (nSPS) is 17.1. The second-order valence-electron chi connectivity index (χ2n) is 9.35. The lowest BCUT2D eigenvalue weighted by Gasteiger charge is -2.36. The summed E-state index contributed by atoms with van der Waals surface area (Å²) in [5, 5.41) is 18.2. The van der Waals surface area contributed by atoms with E-state index in [4.69, 9.17) is 5.10 Å². The summed E-state index contributed by atoms with van der Waals surface area (Å²) in [5.41, 5.74) is 5.33. The average molecular weight is 458 g/mol. The van der Waals surface area contributed by atoms with Gasteiger partial charge in [0, 0.05) is 36.1 Å². The van der Waals surface area contributed by atoms with Crippen molar-refractivity contribution in [3.05, 3.63) is 66.1 Å². The fraction of sp³-hybridized carbons (Fsp3) is 0.269. The molecular formula is C26H24FN5O2. The highest BCUT2D eigenvalue weighted by atomic mass is 19.1. The van der Waals surface area contributed by atoms with E-state index in [0.29, 0.717) is 38.3 Å². The summed E-state index contributed by atoms with van der Waals surface area (Å²) < 4.78 is 15.5. The zero-order chi connectivity index (χ0) is 23.4. The molecule has 34 heavy (non-hydrogen) atoms. The molecule has 1 saturated heterocycles. The number of anilines is 2. The van der Waals surface area contributed by atoms with E-state index in [1.807, 2.05) is 35.7 Å². The topological polar surface area (TPSA) is 82.8 Å². The highest BCUT2D eigenvalue weighted by molar-refractivity contribution is 6.01. The molecule has 7 nitrogen and oxygen atoms in total. The second-order valence-corrected chi connectivity index (χ2v) is 9.35. The Labute approximate surface area is 195 Å². The van der Waals surface area contributed by atoms with Crippen LogP contribution >= 0.6 is 0 Å². The van der Waals surface area contributed by atoms with Gasteiger partial charge >= 0.3 is 0 Å². The van der Waals surface area contributed by atoms with E-state index in [1.54, 1.807) is 18.3 Å². The van der Waals surface area contributed by atoms with Gasteiger partial charge in [0.05, 0.1) is 17.5 Å². The van der Waals surface area contributed by atoms with Gasteiger partial charge in [0.2, 0.25) is 11.9 Å². The van der Waals surface area contributed by atoms with Crippen molar-refractivity contribution in [1.29, 1.82) is 0 Å². The van der Waals surface area contributed by atoms with Crippen LogP contribution in [0.3, 0.4) is 0 Å². The van der Waals surface area contributed by atoms with Crippen molar-refractivity contribution in [2.24, 2.45) is 0 Å². The summed E-state index contributed by atoms with van der Waals surface area (Å²) >= 11 is 0. The third kappa shape index (κ3) is 3.51. The summed E-state index contributed by atoms with van der Waals surface area (Å²) in [6.07, 6.45) is 3.41. The van der Waals surface area contributed by atoms with Crippen molar-refractivity contribution in [2.75, 3.05) is 23.3 Å². The lowest BCUT2D eigenvalue weighted by molar-refractivity contribution is -0.115. The standard InChI is InChI=1S/C26H24FN5O2/c1-26(34)9-12-31(13-10-26)25-28-11-8-21-23(17-4-7-20-18(14-17)15-22(33)29-20)24(30-32(21)25)16-2-5-19(27)6-3-16/h2-8,11,14,34H,9-10,12-13,15H2,1H3,(H,29,33). The highest BCUT2D eigenvalue weighted by Crippen LogP contribution is 2.39.